The van der Waals surface area contributed by atoms with Gasteiger partial charge in [0.2, 0.25) is 5.95 Å². The Bertz CT molecular complexity index is 952. The van der Waals surface area contributed by atoms with Crippen molar-refractivity contribution in [3.63, 3.8) is 0 Å². The maximum atomic E-state index is 12.4. The first-order valence-corrected chi connectivity index (χ1v) is 10.1. The summed E-state index contributed by atoms with van der Waals surface area (Å²) in [6.07, 6.45) is 11.1. The van der Waals surface area contributed by atoms with E-state index in [4.69, 9.17) is 0 Å². The summed E-state index contributed by atoms with van der Waals surface area (Å²) >= 11 is 1.44. The van der Waals surface area contributed by atoms with Gasteiger partial charge in [-0.25, -0.2) is 19.9 Å². The van der Waals surface area contributed by atoms with E-state index < -0.39 is 0 Å². The molecule has 1 fully saturated rings. The van der Waals surface area contributed by atoms with E-state index in [9.17, 15) is 4.79 Å². The molecule has 3 aromatic rings. The summed E-state index contributed by atoms with van der Waals surface area (Å²) in [6.45, 7) is 1.44. The molecule has 0 radical (unpaired) electrons. The summed E-state index contributed by atoms with van der Waals surface area (Å²) in [6, 6.07) is 5.75. The lowest BCUT2D eigenvalue weighted by atomic mass is 10.2. The zero-order valence-electron chi connectivity index (χ0n) is 15.3. The van der Waals surface area contributed by atoms with Gasteiger partial charge in [-0.05, 0) is 30.9 Å². The monoisotopic (exact) mass is 393 g/mol. The van der Waals surface area contributed by atoms with Crippen LogP contribution in [0.3, 0.4) is 0 Å². The lowest BCUT2D eigenvalue weighted by Crippen LogP contribution is -2.37. The molecule has 0 bridgehead atoms. The van der Waals surface area contributed by atoms with E-state index in [0.717, 1.165) is 24.2 Å². The predicted octanol–water partition coefficient (Wildman–Crippen LogP) is 2.06. The van der Waals surface area contributed by atoms with E-state index in [1.165, 1.54) is 11.8 Å². The second kappa shape index (κ2) is 8.30. The van der Waals surface area contributed by atoms with Gasteiger partial charge in [0.05, 0.1) is 11.3 Å². The Morgan fingerprint density at radius 2 is 2.04 bits per heavy atom. The first-order valence-electron chi connectivity index (χ1n) is 8.88. The molecule has 1 saturated heterocycles. The number of carbonyl (C=O) groups excluding carboxylic acids is 1. The summed E-state index contributed by atoms with van der Waals surface area (Å²) < 4.78 is 0. The minimum Gasteiger partial charge on any atom is -0.347 e. The zero-order valence-corrected chi connectivity index (χ0v) is 16.1. The van der Waals surface area contributed by atoms with Crippen molar-refractivity contribution in [3.8, 4) is 11.3 Å². The number of nitrogens with zero attached hydrogens (tertiary/aromatic N) is 6. The van der Waals surface area contributed by atoms with Gasteiger partial charge in [0.1, 0.15) is 0 Å². The quantitative estimate of drug-likeness (QED) is 0.520. The molecular weight excluding hydrogens is 374 g/mol. The van der Waals surface area contributed by atoms with Gasteiger partial charge in [-0.2, -0.15) is 0 Å². The van der Waals surface area contributed by atoms with Gasteiger partial charge in [-0.1, -0.05) is 11.8 Å². The minimum absolute atomic E-state index is 0.0263. The maximum absolute atomic E-state index is 12.4. The van der Waals surface area contributed by atoms with Crippen molar-refractivity contribution < 1.29 is 4.79 Å². The van der Waals surface area contributed by atoms with Crippen LogP contribution in [-0.2, 0) is 0 Å². The lowest BCUT2D eigenvalue weighted by Gasteiger charge is -2.17. The van der Waals surface area contributed by atoms with Crippen molar-refractivity contribution in [1.29, 1.82) is 0 Å². The fourth-order valence-electron chi connectivity index (χ4n) is 3.04. The SMILES string of the molecule is CSc1ncc(C(=O)NC2CCN(c3nccc(-c4cccnc4)n3)C2)cn1. The van der Waals surface area contributed by atoms with Gasteiger partial charge in [0, 0.05) is 55.7 Å². The van der Waals surface area contributed by atoms with E-state index in [1.807, 2.05) is 24.5 Å². The van der Waals surface area contributed by atoms with Crippen molar-refractivity contribution in [2.24, 2.45) is 0 Å². The average molecular weight is 393 g/mol. The van der Waals surface area contributed by atoms with Crippen molar-refractivity contribution in [1.82, 2.24) is 30.2 Å². The first-order chi connectivity index (χ1) is 13.7. The Labute approximate surface area is 166 Å². The number of aromatic nitrogens is 5. The van der Waals surface area contributed by atoms with Crippen molar-refractivity contribution in [3.05, 3.63) is 54.7 Å². The molecule has 1 atom stereocenters. The zero-order chi connectivity index (χ0) is 19.3. The van der Waals surface area contributed by atoms with Crippen molar-refractivity contribution >= 4 is 23.6 Å². The highest BCUT2D eigenvalue weighted by molar-refractivity contribution is 7.98. The standard InChI is InChI=1S/C19H19N7OS/c1-28-19-22-10-14(11-23-19)17(27)24-15-5-8-26(12-15)18-21-7-4-16(25-18)13-3-2-6-20-9-13/h2-4,6-7,9-11,15H,5,8,12H2,1H3,(H,24,27). The summed E-state index contributed by atoms with van der Waals surface area (Å²) in [5.41, 5.74) is 2.24. The number of pyridine rings is 1. The van der Waals surface area contributed by atoms with E-state index in [0.29, 0.717) is 23.2 Å². The molecular formula is C19H19N7OS. The number of rotatable bonds is 5. The predicted molar refractivity (Wildman–Crippen MR) is 107 cm³/mol. The molecule has 3 aromatic heterocycles. The van der Waals surface area contributed by atoms with Gasteiger partial charge in [-0.3, -0.25) is 9.78 Å². The van der Waals surface area contributed by atoms with Gasteiger partial charge in [0.25, 0.3) is 5.91 Å². The van der Waals surface area contributed by atoms with Gasteiger partial charge in [0.15, 0.2) is 5.16 Å². The highest BCUT2D eigenvalue weighted by Crippen LogP contribution is 2.21. The molecule has 4 heterocycles. The van der Waals surface area contributed by atoms with Gasteiger partial charge in [-0.15, -0.1) is 0 Å². The molecule has 0 spiro atoms. The largest absolute Gasteiger partial charge is 0.347 e. The number of carbonyl (C=O) groups is 1. The second-order valence-electron chi connectivity index (χ2n) is 6.35. The van der Waals surface area contributed by atoms with Crippen molar-refractivity contribution in [2.75, 3.05) is 24.2 Å². The van der Waals surface area contributed by atoms with E-state index in [1.54, 1.807) is 31.0 Å². The van der Waals surface area contributed by atoms with E-state index in [-0.39, 0.29) is 11.9 Å². The van der Waals surface area contributed by atoms with Gasteiger partial charge >= 0.3 is 0 Å². The van der Waals surface area contributed by atoms with Crippen LogP contribution in [0.25, 0.3) is 11.3 Å². The number of thioether (sulfide) groups is 1. The molecule has 4 rings (SSSR count). The number of nitrogens with one attached hydrogen (secondary N) is 1. The fraction of sp³-hybridized carbons (Fsp3) is 0.263. The van der Waals surface area contributed by atoms with Crippen LogP contribution in [0.4, 0.5) is 5.95 Å². The number of amides is 1. The molecule has 0 saturated carbocycles. The summed E-state index contributed by atoms with van der Waals surface area (Å²) in [5, 5.41) is 3.69. The third kappa shape index (κ3) is 4.09. The third-order valence-electron chi connectivity index (χ3n) is 4.48. The smallest absolute Gasteiger partial charge is 0.254 e. The summed E-state index contributed by atoms with van der Waals surface area (Å²) in [7, 11) is 0. The molecule has 1 amide bonds. The average Bonchev–Trinajstić information content (AvgIpc) is 3.23. The lowest BCUT2D eigenvalue weighted by molar-refractivity contribution is 0.0939. The highest BCUT2D eigenvalue weighted by Gasteiger charge is 2.26. The number of hydrogen-bond acceptors (Lipinski definition) is 8. The van der Waals surface area contributed by atoms with Crippen LogP contribution in [0.2, 0.25) is 0 Å². The first kappa shape index (κ1) is 18.3. The normalized spacial score (nSPS) is 16.2. The molecule has 0 aromatic carbocycles. The van der Waals surface area contributed by atoms with Crippen molar-refractivity contribution in [2.45, 2.75) is 17.6 Å². The van der Waals surface area contributed by atoms with Crippen LogP contribution in [0.1, 0.15) is 16.8 Å². The minimum atomic E-state index is -0.162. The van der Waals surface area contributed by atoms with Crippen LogP contribution >= 0.6 is 11.8 Å². The maximum Gasteiger partial charge on any atom is 0.254 e. The molecule has 9 heteroatoms. The summed E-state index contributed by atoms with van der Waals surface area (Å²) in [4.78, 5) is 36.0. The molecule has 8 nitrogen and oxygen atoms in total. The number of hydrogen-bond donors (Lipinski definition) is 1. The Balaban J connectivity index is 1.40. The number of anilines is 1. The second-order valence-corrected chi connectivity index (χ2v) is 7.12. The van der Waals surface area contributed by atoms with E-state index >= 15 is 0 Å². The van der Waals surface area contributed by atoms with E-state index in [2.05, 4.69) is 35.1 Å². The van der Waals surface area contributed by atoms with Crippen LogP contribution in [-0.4, -0.2) is 56.2 Å². The molecule has 1 N–H and O–H groups in total. The topological polar surface area (TPSA) is 96.8 Å². The molecule has 142 valence electrons. The molecule has 1 unspecified atom stereocenters. The van der Waals surface area contributed by atoms with Crippen LogP contribution in [0.15, 0.2) is 54.3 Å². The van der Waals surface area contributed by atoms with Gasteiger partial charge < -0.3 is 10.2 Å². The van der Waals surface area contributed by atoms with Crippen LogP contribution < -0.4 is 10.2 Å². The Hall–Kier alpha value is -3.07. The van der Waals surface area contributed by atoms with Crippen LogP contribution in [0.5, 0.6) is 0 Å². The molecule has 1 aliphatic rings. The van der Waals surface area contributed by atoms with Crippen LogP contribution in [0, 0.1) is 0 Å². The third-order valence-corrected chi connectivity index (χ3v) is 5.06. The molecule has 28 heavy (non-hydrogen) atoms. The summed E-state index contributed by atoms with van der Waals surface area (Å²) in [5.74, 6) is 0.496. The highest BCUT2D eigenvalue weighted by atomic mass is 32.2. The Morgan fingerprint density at radius 3 is 2.79 bits per heavy atom. The molecule has 1 aliphatic heterocycles. The fourth-order valence-corrected chi connectivity index (χ4v) is 3.36. The molecule has 0 aliphatic carbocycles. The Morgan fingerprint density at radius 1 is 1.18 bits per heavy atom. The Kier molecular flexibility index (Phi) is 5.43.